The molecule has 0 aliphatic rings. The maximum Gasteiger partial charge on any atom is 0.144 e. The number of anilines is 1. The Kier molecular flexibility index (Phi) is 7.88. The van der Waals surface area contributed by atoms with Crippen LogP contribution in [0.1, 0.15) is 64.9 Å². The van der Waals surface area contributed by atoms with Gasteiger partial charge < -0.3 is 5.32 Å². The molecule has 1 N–H and O–H groups in total. The maximum absolute atomic E-state index is 4.73. The summed E-state index contributed by atoms with van der Waals surface area (Å²) in [5.74, 6) is 3.14. The van der Waals surface area contributed by atoms with E-state index in [1.54, 1.807) is 0 Å². The van der Waals surface area contributed by atoms with Gasteiger partial charge in [-0.3, -0.25) is 0 Å². The van der Waals surface area contributed by atoms with E-state index in [1.165, 1.54) is 6.42 Å². The number of nitrogens with one attached hydrogen (secondary N) is 1. The summed E-state index contributed by atoms with van der Waals surface area (Å²) in [5.41, 5.74) is 1.10. The molecule has 0 aliphatic heterocycles. The van der Waals surface area contributed by atoms with Crippen LogP contribution < -0.4 is 5.32 Å². The van der Waals surface area contributed by atoms with Gasteiger partial charge in [-0.2, -0.15) is 11.8 Å². The van der Waals surface area contributed by atoms with Crippen molar-refractivity contribution in [3.8, 4) is 0 Å². The fourth-order valence-corrected chi connectivity index (χ4v) is 3.23. The van der Waals surface area contributed by atoms with Gasteiger partial charge in [0, 0.05) is 11.8 Å². The predicted molar refractivity (Wildman–Crippen MR) is 93.6 cm³/mol. The van der Waals surface area contributed by atoms with Crippen LogP contribution in [0.2, 0.25) is 0 Å². The van der Waals surface area contributed by atoms with Gasteiger partial charge in [-0.15, -0.1) is 0 Å². The molecule has 0 fully saturated rings. The Labute approximate surface area is 135 Å². The number of halogens is 1. The quantitative estimate of drug-likeness (QED) is 0.690. The molecule has 0 saturated heterocycles. The summed E-state index contributed by atoms with van der Waals surface area (Å²) in [5, 5.41) is 4.04. The van der Waals surface area contributed by atoms with Gasteiger partial charge in [-0.1, -0.05) is 34.6 Å². The largest absolute Gasteiger partial charge is 0.369 e. The zero-order chi connectivity index (χ0) is 15.1. The van der Waals surface area contributed by atoms with Gasteiger partial charge in [0.25, 0.3) is 0 Å². The third-order valence-corrected chi connectivity index (χ3v) is 5.19. The van der Waals surface area contributed by atoms with E-state index in [4.69, 9.17) is 4.98 Å². The Bertz CT molecular complexity index is 424. The molecule has 1 aromatic rings. The van der Waals surface area contributed by atoms with Crippen LogP contribution >= 0.6 is 27.7 Å². The minimum atomic E-state index is 0.391. The Morgan fingerprint density at radius 2 is 1.90 bits per heavy atom. The molecule has 1 unspecified atom stereocenters. The summed E-state index contributed by atoms with van der Waals surface area (Å²) >= 11 is 5.57. The van der Waals surface area contributed by atoms with Gasteiger partial charge in [-0.05, 0) is 34.7 Å². The number of aromatic nitrogens is 2. The van der Waals surface area contributed by atoms with Gasteiger partial charge in [0.2, 0.25) is 0 Å². The van der Waals surface area contributed by atoms with Crippen molar-refractivity contribution >= 4 is 33.5 Å². The first-order valence-electron chi connectivity index (χ1n) is 7.41. The SMILES string of the molecule is CCCNc1nc(CSC(C)CC)nc(C(C)C)c1Br. The molecule has 5 heteroatoms. The second-order valence-corrected chi connectivity index (χ2v) is 7.52. The summed E-state index contributed by atoms with van der Waals surface area (Å²) in [6.45, 7) is 11.9. The van der Waals surface area contributed by atoms with Crippen molar-refractivity contribution in [2.24, 2.45) is 0 Å². The molecular weight excluding hydrogens is 334 g/mol. The number of hydrogen-bond acceptors (Lipinski definition) is 4. The van der Waals surface area contributed by atoms with E-state index in [-0.39, 0.29) is 0 Å². The van der Waals surface area contributed by atoms with Crippen LogP contribution in [-0.4, -0.2) is 21.8 Å². The molecule has 0 bridgehead atoms. The molecule has 1 aromatic heterocycles. The maximum atomic E-state index is 4.73. The van der Waals surface area contributed by atoms with E-state index < -0.39 is 0 Å². The van der Waals surface area contributed by atoms with E-state index >= 15 is 0 Å². The highest BCUT2D eigenvalue weighted by Crippen LogP contribution is 2.30. The van der Waals surface area contributed by atoms with Gasteiger partial charge in [0.1, 0.15) is 11.6 Å². The highest BCUT2D eigenvalue weighted by molar-refractivity contribution is 9.10. The molecule has 1 heterocycles. The number of rotatable bonds is 8. The van der Waals surface area contributed by atoms with E-state index in [2.05, 4.69) is 60.8 Å². The van der Waals surface area contributed by atoms with Crippen LogP contribution in [0.15, 0.2) is 4.47 Å². The Hall–Kier alpha value is -0.290. The first kappa shape index (κ1) is 17.8. The average Bonchev–Trinajstić information content (AvgIpc) is 2.43. The van der Waals surface area contributed by atoms with Crippen molar-refractivity contribution in [2.45, 2.75) is 64.4 Å². The fourth-order valence-electron chi connectivity index (χ4n) is 1.65. The molecule has 1 rings (SSSR count). The van der Waals surface area contributed by atoms with Crippen molar-refractivity contribution in [1.82, 2.24) is 9.97 Å². The molecule has 114 valence electrons. The lowest BCUT2D eigenvalue weighted by atomic mass is 10.1. The zero-order valence-corrected chi connectivity index (χ0v) is 15.6. The standard InChI is InChI=1S/C15H26BrN3S/c1-6-8-17-15-13(16)14(10(3)4)18-12(19-15)9-20-11(5)7-2/h10-11H,6-9H2,1-5H3,(H,17,18,19). The smallest absolute Gasteiger partial charge is 0.144 e. The monoisotopic (exact) mass is 359 g/mol. The molecule has 0 amide bonds. The minimum Gasteiger partial charge on any atom is -0.369 e. The molecule has 0 aromatic carbocycles. The average molecular weight is 360 g/mol. The molecule has 20 heavy (non-hydrogen) atoms. The zero-order valence-electron chi connectivity index (χ0n) is 13.2. The fraction of sp³-hybridized carbons (Fsp3) is 0.733. The van der Waals surface area contributed by atoms with Crippen LogP contribution in [0.4, 0.5) is 5.82 Å². The van der Waals surface area contributed by atoms with Crippen LogP contribution in [0.5, 0.6) is 0 Å². The van der Waals surface area contributed by atoms with Crippen LogP contribution in [0.3, 0.4) is 0 Å². The van der Waals surface area contributed by atoms with Gasteiger partial charge in [0.15, 0.2) is 0 Å². The van der Waals surface area contributed by atoms with Crippen LogP contribution in [0, 0.1) is 0 Å². The summed E-state index contributed by atoms with van der Waals surface area (Å²) in [4.78, 5) is 9.40. The molecule has 0 spiro atoms. The van der Waals surface area contributed by atoms with Crippen LogP contribution in [-0.2, 0) is 5.75 Å². The number of thioether (sulfide) groups is 1. The molecule has 3 nitrogen and oxygen atoms in total. The Morgan fingerprint density at radius 3 is 2.45 bits per heavy atom. The molecular formula is C15H26BrN3S. The van der Waals surface area contributed by atoms with Gasteiger partial charge in [0.05, 0.1) is 15.9 Å². The molecule has 0 radical (unpaired) electrons. The first-order valence-corrected chi connectivity index (χ1v) is 9.25. The summed E-state index contributed by atoms with van der Waals surface area (Å²) in [6.07, 6.45) is 2.27. The highest BCUT2D eigenvalue weighted by Gasteiger charge is 2.15. The lowest BCUT2D eigenvalue weighted by molar-refractivity contribution is 0.789. The second-order valence-electron chi connectivity index (χ2n) is 5.30. The lowest BCUT2D eigenvalue weighted by Crippen LogP contribution is -2.10. The molecule has 1 atom stereocenters. The molecule has 0 saturated carbocycles. The third-order valence-electron chi connectivity index (χ3n) is 3.08. The van der Waals surface area contributed by atoms with E-state index in [0.717, 1.165) is 40.5 Å². The first-order chi connectivity index (χ1) is 9.49. The number of nitrogens with zero attached hydrogens (tertiary/aromatic N) is 2. The van der Waals surface area contributed by atoms with Crippen molar-refractivity contribution in [1.29, 1.82) is 0 Å². The third kappa shape index (κ3) is 5.24. The second kappa shape index (κ2) is 8.88. The lowest BCUT2D eigenvalue weighted by Gasteiger charge is -2.15. The minimum absolute atomic E-state index is 0.391. The summed E-state index contributed by atoms with van der Waals surface area (Å²) in [6, 6.07) is 0. The van der Waals surface area contributed by atoms with Gasteiger partial charge in [-0.25, -0.2) is 9.97 Å². The van der Waals surface area contributed by atoms with Crippen molar-refractivity contribution in [3.05, 3.63) is 16.0 Å². The summed E-state index contributed by atoms with van der Waals surface area (Å²) < 4.78 is 1.01. The van der Waals surface area contributed by atoms with Crippen LogP contribution in [0.25, 0.3) is 0 Å². The molecule has 0 aliphatic carbocycles. The van der Waals surface area contributed by atoms with E-state index in [9.17, 15) is 0 Å². The number of hydrogen-bond donors (Lipinski definition) is 1. The highest BCUT2D eigenvalue weighted by atomic mass is 79.9. The normalized spacial score (nSPS) is 12.8. The van der Waals surface area contributed by atoms with Crippen molar-refractivity contribution in [3.63, 3.8) is 0 Å². The van der Waals surface area contributed by atoms with Crippen molar-refractivity contribution < 1.29 is 0 Å². The van der Waals surface area contributed by atoms with E-state index in [1.807, 2.05) is 11.8 Å². The Morgan fingerprint density at radius 1 is 1.20 bits per heavy atom. The topological polar surface area (TPSA) is 37.8 Å². The van der Waals surface area contributed by atoms with E-state index in [0.29, 0.717) is 11.2 Å². The van der Waals surface area contributed by atoms with Gasteiger partial charge >= 0.3 is 0 Å². The van der Waals surface area contributed by atoms with Crippen molar-refractivity contribution in [2.75, 3.05) is 11.9 Å². The summed E-state index contributed by atoms with van der Waals surface area (Å²) in [7, 11) is 0. The Balaban J connectivity index is 2.96. The predicted octanol–water partition coefficient (Wildman–Crippen LogP) is 5.22.